The second-order valence-corrected chi connectivity index (χ2v) is 4.65. The molecule has 2 aliphatic rings. The SMILES string of the molecule is O=C(O)[C@H]1CC[C@H]2CCCC[C@H]2C1. The van der Waals surface area contributed by atoms with Gasteiger partial charge in [0, 0.05) is 0 Å². The molecule has 2 aliphatic carbocycles. The zero-order chi connectivity index (χ0) is 9.26. The average molecular weight is 182 g/mol. The number of carboxylic acid groups (broad SMARTS) is 1. The Balaban J connectivity index is 1.95. The first-order chi connectivity index (χ1) is 6.27. The van der Waals surface area contributed by atoms with Gasteiger partial charge in [-0.05, 0) is 31.1 Å². The minimum Gasteiger partial charge on any atom is -0.481 e. The van der Waals surface area contributed by atoms with Crippen LogP contribution in [0.1, 0.15) is 44.9 Å². The molecule has 1 N–H and O–H groups in total. The van der Waals surface area contributed by atoms with Gasteiger partial charge in [-0.25, -0.2) is 0 Å². The summed E-state index contributed by atoms with van der Waals surface area (Å²) in [7, 11) is 0. The Morgan fingerprint density at radius 3 is 2.38 bits per heavy atom. The van der Waals surface area contributed by atoms with Gasteiger partial charge in [0.1, 0.15) is 0 Å². The first kappa shape index (κ1) is 9.04. The van der Waals surface area contributed by atoms with Crippen LogP contribution in [-0.4, -0.2) is 11.1 Å². The van der Waals surface area contributed by atoms with Crippen molar-refractivity contribution >= 4 is 5.97 Å². The summed E-state index contributed by atoms with van der Waals surface area (Å²) in [6.07, 6.45) is 8.40. The molecule has 2 nitrogen and oxygen atoms in total. The van der Waals surface area contributed by atoms with Gasteiger partial charge < -0.3 is 5.11 Å². The summed E-state index contributed by atoms with van der Waals surface area (Å²) in [5.41, 5.74) is 0. The van der Waals surface area contributed by atoms with Gasteiger partial charge in [0.05, 0.1) is 5.92 Å². The molecule has 0 amide bonds. The van der Waals surface area contributed by atoms with E-state index in [1.165, 1.54) is 32.1 Å². The van der Waals surface area contributed by atoms with E-state index in [1.54, 1.807) is 0 Å². The molecule has 0 bridgehead atoms. The first-order valence-electron chi connectivity index (χ1n) is 5.50. The van der Waals surface area contributed by atoms with Gasteiger partial charge in [0.2, 0.25) is 0 Å². The van der Waals surface area contributed by atoms with E-state index in [4.69, 9.17) is 5.11 Å². The van der Waals surface area contributed by atoms with Gasteiger partial charge in [-0.2, -0.15) is 0 Å². The third kappa shape index (κ3) is 1.87. The van der Waals surface area contributed by atoms with Crippen LogP contribution in [0, 0.1) is 17.8 Å². The molecule has 3 atom stereocenters. The van der Waals surface area contributed by atoms with Gasteiger partial charge in [-0.15, -0.1) is 0 Å². The highest BCUT2D eigenvalue weighted by molar-refractivity contribution is 5.70. The summed E-state index contributed by atoms with van der Waals surface area (Å²) in [6, 6.07) is 0. The van der Waals surface area contributed by atoms with E-state index in [2.05, 4.69) is 0 Å². The molecular weight excluding hydrogens is 164 g/mol. The van der Waals surface area contributed by atoms with E-state index in [-0.39, 0.29) is 5.92 Å². The number of carbonyl (C=O) groups is 1. The van der Waals surface area contributed by atoms with Crippen LogP contribution >= 0.6 is 0 Å². The molecule has 2 fully saturated rings. The van der Waals surface area contributed by atoms with Gasteiger partial charge in [0.25, 0.3) is 0 Å². The Hall–Kier alpha value is -0.530. The third-order valence-corrected chi connectivity index (χ3v) is 3.89. The van der Waals surface area contributed by atoms with Crippen molar-refractivity contribution in [2.24, 2.45) is 17.8 Å². The summed E-state index contributed by atoms with van der Waals surface area (Å²) in [6.45, 7) is 0. The van der Waals surface area contributed by atoms with Crippen molar-refractivity contribution in [3.63, 3.8) is 0 Å². The van der Waals surface area contributed by atoms with Crippen molar-refractivity contribution in [3.8, 4) is 0 Å². The monoisotopic (exact) mass is 182 g/mol. The Kier molecular flexibility index (Phi) is 2.56. The highest BCUT2D eigenvalue weighted by Gasteiger charge is 2.34. The number of rotatable bonds is 1. The summed E-state index contributed by atoms with van der Waals surface area (Å²) in [5, 5.41) is 8.93. The fourth-order valence-electron chi connectivity index (χ4n) is 3.10. The summed E-state index contributed by atoms with van der Waals surface area (Å²) in [4.78, 5) is 10.8. The van der Waals surface area contributed by atoms with E-state index in [0.717, 1.165) is 24.7 Å². The molecule has 2 heteroatoms. The van der Waals surface area contributed by atoms with Gasteiger partial charge >= 0.3 is 5.97 Å². The summed E-state index contributed by atoms with van der Waals surface area (Å²) < 4.78 is 0. The molecule has 0 aromatic carbocycles. The predicted octanol–water partition coefficient (Wildman–Crippen LogP) is 2.68. The standard InChI is InChI=1S/C11H18O2/c12-11(13)10-6-5-8-3-1-2-4-9(8)7-10/h8-10H,1-7H2,(H,12,13)/t8-,9+,10+/m1/s1. The number of fused-ring (bicyclic) bond motifs is 1. The molecule has 0 aromatic rings. The maximum absolute atomic E-state index is 10.8. The topological polar surface area (TPSA) is 37.3 Å². The molecule has 0 aliphatic heterocycles. The fraction of sp³-hybridized carbons (Fsp3) is 0.909. The van der Waals surface area contributed by atoms with Crippen molar-refractivity contribution in [1.29, 1.82) is 0 Å². The van der Waals surface area contributed by atoms with Crippen molar-refractivity contribution in [2.75, 3.05) is 0 Å². The molecule has 0 saturated heterocycles. The number of carboxylic acids is 1. The lowest BCUT2D eigenvalue weighted by Gasteiger charge is -2.37. The van der Waals surface area contributed by atoms with E-state index in [9.17, 15) is 4.79 Å². The van der Waals surface area contributed by atoms with Crippen LogP contribution in [-0.2, 0) is 4.79 Å². The van der Waals surface area contributed by atoms with Gasteiger partial charge in [-0.3, -0.25) is 4.79 Å². The summed E-state index contributed by atoms with van der Waals surface area (Å²) >= 11 is 0. The van der Waals surface area contributed by atoms with E-state index < -0.39 is 5.97 Å². The smallest absolute Gasteiger partial charge is 0.306 e. The molecule has 0 heterocycles. The van der Waals surface area contributed by atoms with Crippen LogP contribution in [0.15, 0.2) is 0 Å². The number of hydrogen-bond donors (Lipinski definition) is 1. The highest BCUT2D eigenvalue weighted by atomic mass is 16.4. The van der Waals surface area contributed by atoms with Crippen LogP contribution < -0.4 is 0 Å². The Bertz CT molecular complexity index is 200. The number of aliphatic carboxylic acids is 1. The van der Waals surface area contributed by atoms with Gasteiger partial charge in [0.15, 0.2) is 0 Å². The minimum atomic E-state index is -0.566. The third-order valence-electron chi connectivity index (χ3n) is 3.89. The number of hydrogen-bond acceptors (Lipinski definition) is 1. The molecular formula is C11H18O2. The highest BCUT2D eigenvalue weighted by Crippen LogP contribution is 2.42. The lowest BCUT2D eigenvalue weighted by atomic mass is 9.67. The molecule has 0 unspecified atom stereocenters. The summed E-state index contributed by atoms with van der Waals surface area (Å²) in [5.74, 6) is 1.01. The second kappa shape index (κ2) is 3.69. The maximum atomic E-state index is 10.8. The first-order valence-corrected chi connectivity index (χ1v) is 5.50. The fourth-order valence-corrected chi connectivity index (χ4v) is 3.10. The zero-order valence-corrected chi connectivity index (χ0v) is 8.04. The van der Waals surface area contributed by atoms with Crippen LogP contribution in [0.4, 0.5) is 0 Å². The van der Waals surface area contributed by atoms with Crippen LogP contribution in [0.2, 0.25) is 0 Å². The second-order valence-electron chi connectivity index (χ2n) is 4.65. The normalized spacial score (nSPS) is 39.5. The quantitative estimate of drug-likeness (QED) is 0.677. The molecule has 0 spiro atoms. The van der Waals surface area contributed by atoms with Crippen molar-refractivity contribution < 1.29 is 9.90 Å². The molecule has 2 rings (SSSR count). The van der Waals surface area contributed by atoms with Crippen LogP contribution in [0.25, 0.3) is 0 Å². The Labute approximate surface area is 79.3 Å². The van der Waals surface area contributed by atoms with Crippen molar-refractivity contribution in [2.45, 2.75) is 44.9 Å². The van der Waals surface area contributed by atoms with E-state index in [0.29, 0.717) is 0 Å². The average Bonchev–Trinajstić information content (AvgIpc) is 2.17. The van der Waals surface area contributed by atoms with E-state index >= 15 is 0 Å². The maximum Gasteiger partial charge on any atom is 0.306 e. The lowest BCUT2D eigenvalue weighted by molar-refractivity contribution is -0.144. The largest absolute Gasteiger partial charge is 0.481 e. The van der Waals surface area contributed by atoms with Crippen LogP contribution in [0.3, 0.4) is 0 Å². The Morgan fingerprint density at radius 2 is 1.69 bits per heavy atom. The van der Waals surface area contributed by atoms with Gasteiger partial charge in [-0.1, -0.05) is 25.7 Å². The molecule has 0 aromatic heterocycles. The zero-order valence-electron chi connectivity index (χ0n) is 8.04. The predicted molar refractivity (Wildman–Crippen MR) is 50.4 cm³/mol. The molecule has 74 valence electrons. The molecule has 2 saturated carbocycles. The molecule has 0 radical (unpaired) electrons. The minimum absolute atomic E-state index is 0.0284. The van der Waals surface area contributed by atoms with Crippen LogP contribution in [0.5, 0.6) is 0 Å². The Morgan fingerprint density at radius 1 is 1.00 bits per heavy atom. The molecule has 13 heavy (non-hydrogen) atoms. The van der Waals surface area contributed by atoms with Crippen molar-refractivity contribution in [1.82, 2.24) is 0 Å². The van der Waals surface area contributed by atoms with E-state index in [1.807, 2.05) is 0 Å². The lowest BCUT2D eigenvalue weighted by Crippen LogP contribution is -2.31. The van der Waals surface area contributed by atoms with Crippen molar-refractivity contribution in [3.05, 3.63) is 0 Å².